The van der Waals surface area contributed by atoms with E-state index in [0.717, 1.165) is 9.87 Å². The fourth-order valence-electron chi connectivity index (χ4n) is 2.23. The van der Waals surface area contributed by atoms with E-state index in [4.69, 9.17) is 10.5 Å². The first-order valence-corrected chi connectivity index (χ1v) is 8.47. The summed E-state index contributed by atoms with van der Waals surface area (Å²) in [5, 5.41) is 0. The lowest BCUT2D eigenvalue weighted by Gasteiger charge is -2.24. The van der Waals surface area contributed by atoms with Gasteiger partial charge in [0.25, 0.3) is 0 Å². The maximum atomic E-state index is 12.9. The molecule has 1 aromatic carbocycles. The molecule has 0 unspecified atom stereocenters. The fourth-order valence-corrected chi connectivity index (χ4v) is 4.09. The van der Waals surface area contributed by atoms with Gasteiger partial charge >= 0.3 is 0 Å². The largest absolute Gasteiger partial charge is 0.496 e. The monoisotopic (exact) mass is 328 g/mol. The van der Waals surface area contributed by atoms with E-state index in [1.165, 1.54) is 7.11 Å². The molecular weight excluding hydrogens is 304 g/mol. The van der Waals surface area contributed by atoms with E-state index < -0.39 is 15.9 Å². The third-order valence-corrected chi connectivity index (χ3v) is 5.16. The van der Waals surface area contributed by atoms with Crippen LogP contribution in [0.25, 0.3) is 0 Å². The Morgan fingerprint density at radius 2 is 1.86 bits per heavy atom. The molecule has 1 amide bonds. The number of sulfonamides is 1. The quantitative estimate of drug-likeness (QED) is 0.820. The van der Waals surface area contributed by atoms with Crippen molar-refractivity contribution in [3.05, 3.63) is 23.3 Å². The maximum absolute atomic E-state index is 12.9. The smallest absolute Gasteiger partial charge is 0.243 e. The van der Waals surface area contributed by atoms with Crippen LogP contribution < -0.4 is 10.5 Å². The molecule has 0 bridgehead atoms. The molecular formula is C15H24N2O4S. The number of hydrogen-bond acceptors (Lipinski definition) is 4. The van der Waals surface area contributed by atoms with Crippen molar-refractivity contribution in [3.63, 3.8) is 0 Å². The summed E-state index contributed by atoms with van der Waals surface area (Å²) in [5.41, 5.74) is 6.48. The number of hydrogen-bond donors (Lipinski definition) is 1. The number of nitrogens with zero attached hydrogens (tertiary/aromatic N) is 1. The molecule has 1 aromatic rings. The Labute approximate surface area is 132 Å². The SMILES string of the molecule is COc1cc(C)c(S(=O)(=O)N(CC(N)=O)CC(C)C)cc1C. The number of aryl methyl sites for hydroxylation is 2. The van der Waals surface area contributed by atoms with Crippen molar-refractivity contribution in [2.75, 3.05) is 20.2 Å². The molecule has 0 heterocycles. The molecule has 6 nitrogen and oxygen atoms in total. The molecule has 7 heteroatoms. The van der Waals surface area contributed by atoms with Gasteiger partial charge in [-0.15, -0.1) is 0 Å². The average molecular weight is 328 g/mol. The Kier molecular flexibility index (Phi) is 5.96. The van der Waals surface area contributed by atoms with Crippen LogP contribution in [0, 0.1) is 19.8 Å². The number of ether oxygens (including phenoxy) is 1. The number of carbonyl (C=O) groups excluding carboxylic acids is 1. The molecule has 124 valence electrons. The third kappa shape index (κ3) is 4.20. The van der Waals surface area contributed by atoms with Crippen LogP contribution in [0.15, 0.2) is 17.0 Å². The molecule has 22 heavy (non-hydrogen) atoms. The molecule has 0 aromatic heterocycles. The maximum Gasteiger partial charge on any atom is 0.243 e. The normalized spacial score (nSPS) is 12.0. The molecule has 0 atom stereocenters. The molecule has 0 saturated carbocycles. The Balaban J connectivity index is 3.36. The minimum Gasteiger partial charge on any atom is -0.496 e. The van der Waals surface area contributed by atoms with Gasteiger partial charge in [0.15, 0.2) is 0 Å². The van der Waals surface area contributed by atoms with Crippen LogP contribution in [0.5, 0.6) is 5.75 Å². The van der Waals surface area contributed by atoms with Crippen molar-refractivity contribution < 1.29 is 17.9 Å². The minimum absolute atomic E-state index is 0.0776. The lowest BCUT2D eigenvalue weighted by Crippen LogP contribution is -2.40. The van der Waals surface area contributed by atoms with Gasteiger partial charge in [0.1, 0.15) is 5.75 Å². The first kappa shape index (κ1) is 18.4. The number of rotatable bonds is 7. The highest BCUT2D eigenvalue weighted by molar-refractivity contribution is 7.89. The molecule has 0 aliphatic carbocycles. The van der Waals surface area contributed by atoms with Gasteiger partial charge < -0.3 is 10.5 Å². The van der Waals surface area contributed by atoms with Gasteiger partial charge in [0.2, 0.25) is 15.9 Å². The average Bonchev–Trinajstić information content (AvgIpc) is 2.38. The first-order chi connectivity index (χ1) is 10.1. The predicted molar refractivity (Wildman–Crippen MR) is 85.3 cm³/mol. The Morgan fingerprint density at radius 3 is 2.32 bits per heavy atom. The number of carbonyl (C=O) groups is 1. The zero-order chi connectivity index (χ0) is 17.1. The molecule has 0 saturated heterocycles. The summed E-state index contributed by atoms with van der Waals surface area (Å²) in [6, 6.07) is 3.25. The van der Waals surface area contributed by atoms with E-state index in [2.05, 4.69) is 0 Å². The second-order valence-corrected chi connectivity index (χ2v) is 7.65. The summed E-state index contributed by atoms with van der Waals surface area (Å²) < 4.78 is 32.0. The van der Waals surface area contributed by atoms with E-state index in [0.29, 0.717) is 11.3 Å². The summed E-state index contributed by atoms with van der Waals surface area (Å²) in [7, 11) is -2.26. The summed E-state index contributed by atoms with van der Waals surface area (Å²) in [4.78, 5) is 11.4. The Hall–Kier alpha value is -1.60. The number of nitrogens with two attached hydrogens (primary N) is 1. The van der Waals surface area contributed by atoms with Gasteiger partial charge in [0.05, 0.1) is 18.6 Å². The van der Waals surface area contributed by atoms with E-state index in [9.17, 15) is 13.2 Å². The topological polar surface area (TPSA) is 89.7 Å². The van der Waals surface area contributed by atoms with Gasteiger partial charge in [0, 0.05) is 6.54 Å². The number of methoxy groups -OCH3 is 1. The lowest BCUT2D eigenvalue weighted by molar-refractivity contribution is -0.118. The molecule has 0 radical (unpaired) electrons. The lowest BCUT2D eigenvalue weighted by atomic mass is 10.1. The van der Waals surface area contributed by atoms with Crippen LogP contribution in [0.2, 0.25) is 0 Å². The molecule has 0 aliphatic heterocycles. The summed E-state index contributed by atoms with van der Waals surface area (Å²) in [6.07, 6.45) is 0. The number of amides is 1. The van der Waals surface area contributed by atoms with Crippen LogP contribution in [-0.4, -0.2) is 38.8 Å². The summed E-state index contributed by atoms with van der Waals surface area (Å²) in [5.74, 6) is 0.0302. The second kappa shape index (κ2) is 7.11. The van der Waals surface area contributed by atoms with Crippen molar-refractivity contribution >= 4 is 15.9 Å². The number of benzene rings is 1. The molecule has 0 spiro atoms. The third-order valence-electron chi connectivity index (χ3n) is 3.21. The van der Waals surface area contributed by atoms with Crippen molar-refractivity contribution in [2.24, 2.45) is 11.7 Å². The molecule has 0 fully saturated rings. The summed E-state index contributed by atoms with van der Waals surface area (Å²) in [6.45, 7) is 7.15. The van der Waals surface area contributed by atoms with E-state index in [-0.39, 0.29) is 23.9 Å². The van der Waals surface area contributed by atoms with Gasteiger partial charge in [-0.05, 0) is 43.0 Å². The van der Waals surface area contributed by atoms with Crippen molar-refractivity contribution in [3.8, 4) is 5.75 Å². The van der Waals surface area contributed by atoms with Gasteiger partial charge in [-0.2, -0.15) is 4.31 Å². The fraction of sp³-hybridized carbons (Fsp3) is 0.533. The van der Waals surface area contributed by atoms with Crippen molar-refractivity contribution in [1.29, 1.82) is 0 Å². The highest BCUT2D eigenvalue weighted by Gasteiger charge is 2.28. The minimum atomic E-state index is -3.79. The number of primary amides is 1. The zero-order valence-electron chi connectivity index (χ0n) is 13.7. The Bertz CT molecular complexity index is 654. The van der Waals surface area contributed by atoms with Crippen LogP contribution in [0.3, 0.4) is 0 Å². The second-order valence-electron chi connectivity index (χ2n) is 5.75. The van der Waals surface area contributed by atoms with E-state index in [1.807, 2.05) is 13.8 Å². The standard InChI is InChI=1S/C15H24N2O4S/c1-10(2)8-17(9-15(16)18)22(19,20)14-7-11(3)13(21-5)6-12(14)4/h6-7,10H,8-9H2,1-5H3,(H2,16,18). The predicted octanol–water partition coefficient (Wildman–Crippen LogP) is 1.44. The van der Waals surface area contributed by atoms with Crippen LogP contribution in [-0.2, 0) is 14.8 Å². The molecule has 1 rings (SSSR count). The van der Waals surface area contributed by atoms with Gasteiger partial charge in [-0.1, -0.05) is 13.8 Å². The molecule has 2 N–H and O–H groups in total. The highest BCUT2D eigenvalue weighted by Crippen LogP contribution is 2.28. The van der Waals surface area contributed by atoms with E-state index >= 15 is 0 Å². The van der Waals surface area contributed by atoms with Gasteiger partial charge in [-0.25, -0.2) is 8.42 Å². The first-order valence-electron chi connectivity index (χ1n) is 7.03. The van der Waals surface area contributed by atoms with Crippen LogP contribution >= 0.6 is 0 Å². The van der Waals surface area contributed by atoms with Crippen LogP contribution in [0.1, 0.15) is 25.0 Å². The van der Waals surface area contributed by atoms with Gasteiger partial charge in [-0.3, -0.25) is 4.79 Å². The highest BCUT2D eigenvalue weighted by atomic mass is 32.2. The zero-order valence-corrected chi connectivity index (χ0v) is 14.5. The Morgan fingerprint density at radius 1 is 1.27 bits per heavy atom. The van der Waals surface area contributed by atoms with Crippen molar-refractivity contribution in [2.45, 2.75) is 32.6 Å². The van der Waals surface area contributed by atoms with E-state index in [1.54, 1.807) is 26.0 Å². The van der Waals surface area contributed by atoms with Crippen molar-refractivity contribution in [1.82, 2.24) is 4.31 Å². The summed E-state index contributed by atoms with van der Waals surface area (Å²) >= 11 is 0. The van der Waals surface area contributed by atoms with Crippen LogP contribution in [0.4, 0.5) is 0 Å². The molecule has 0 aliphatic rings.